The summed E-state index contributed by atoms with van der Waals surface area (Å²) in [7, 11) is 0. The van der Waals surface area contributed by atoms with Gasteiger partial charge in [-0.15, -0.1) is 0 Å². The van der Waals surface area contributed by atoms with Gasteiger partial charge in [0.1, 0.15) is 11.2 Å². The van der Waals surface area contributed by atoms with Crippen LogP contribution in [0, 0.1) is 6.92 Å². The van der Waals surface area contributed by atoms with Gasteiger partial charge in [0, 0.05) is 25.7 Å². The van der Waals surface area contributed by atoms with Gasteiger partial charge in [-0.05, 0) is 32.3 Å². The molecule has 1 saturated heterocycles. The maximum atomic E-state index is 13.7. The standard InChI is InChI=1S/C24H29N5O4/c1-16-4-3-5-17(12-16)13-25-23(32)24(2)14-28-15-26-19(21(30)27-8-10-33-11-9-27)20(28)22(31)29(24)18-6-7-18/h3-5,12,15,18H,6-11,13-14H2,1-2H3,(H,25,32)/t24-/m1/s1. The zero-order chi connectivity index (χ0) is 23.2. The minimum absolute atomic E-state index is 0.00204. The van der Waals surface area contributed by atoms with Crippen LogP contribution in [0.1, 0.15) is 51.9 Å². The number of ether oxygens (including phenoxy) is 1. The molecule has 0 radical (unpaired) electrons. The number of hydrogen-bond donors (Lipinski definition) is 1. The molecule has 3 amide bonds. The molecular weight excluding hydrogens is 422 g/mol. The van der Waals surface area contributed by atoms with E-state index in [1.165, 1.54) is 6.33 Å². The number of nitrogens with zero attached hydrogens (tertiary/aromatic N) is 4. The number of fused-ring (bicyclic) bond motifs is 1. The van der Waals surface area contributed by atoms with Gasteiger partial charge in [-0.1, -0.05) is 29.8 Å². The van der Waals surface area contributed by atoms with Crippen molar-refractivity contribution >= 4 is 17.7 Å². The highest BCUT2D eigenvalue weighted by molar-refractivity contribution is 6.07. The lowest BCUT2D eigenvalue weighted by atomic mass is 9.93. The number of benzene rings is 1. The van der Waals surface area contributed by atoms with Crippen LogP contribution in [0.2, 0.25) is 0 Å². The molecule has 0 unspecified atom stereocenters. The zero-order valence-electron chi connectivity index (χ0n) is 19.0. The predicted molar refractivity (Wildman–Crippen MR) is 120 cm³/mol. The summed E-state index contributed by atoms with van der Waals surface area (Å²) < 4.78 is 7.00. The Morgan fingerprint density at radius 1 is 1.24 bits per heavy atom. The first-order valence-corrected chi connectivity index (χ1v) is 11.5. The van der Waals surface area contributed by atoms with Crippen LogP contribution in [0.15, 0.2) is 30.6 Å². The minimum Gasteiger partial charge on any atom is -0.378 e. The summed E-state index contributed by atoms with van der Waals surface area (Å²) in [6.07, 6.45) is 3.22. The van der Waals surface area contributed by atoms with Crippen molar-refractivity contribution in [1.29, 1.82) is 0 Å². The third-order valence-corrected chi connectivity index (χ3v) is 6.71. The van der Waals surface area contributed by atoms with Crippen molar-refractivity contribution in [2.45, 2.75) is 51.4 Å². The van der Waals surface area contributed by atoms with E-state index in [4.69, 9.17) is 4.74 Å². The molecule has 174 valence electrons. The second-order valence-corrected chi connectivity index (χ2v) is 9.33. The number of aromatic nitrogens is 2. The van der Waals surface area contributed by atoms with E-state index in [9.17, 15) is 14.4 Å². The Bertz CT molecular complexity index is 1100. The molecule has 2 aliphatic heterocycles. The average molecular weight is 452 g/mol. The highest BCUT2D eigenvalue weighted by Crippen LogP contribution is 2.39. The average Bonchev–Trinajstić information content (AvgIpc) is 3.55. The molecule has 3 heterocycles. The van der Waals surface area contributed by atoms with E-state index >= 15 is 0 Å². The van der Waals surface area contributed by atoms with Gasteiger partial charge in [0.15, 0.2) is 5.69 Å². The van der Waals surface area contributed by atoms with Crippen LogP contribution in [-0.2, 0) is 22.6 Å². The monoisotopic (exact) mass is 451 g/mol. The van der Waals surface area contributed by atoms with Crippen molar-refractivity contribution in [1.82, 2.24) is 24.7 Å². The fraction of sp³-hybridized carbons (Fsp3) is 0.500. The Morgan fingerprint density at radius 3 is 2.70 bits per heavy atom. The van der Waals surface area contributed by atoms with E-state index in [2.05, 4.69) is 10.3 Å². The molecular formula is C24H29N5O4. The largest absolute Gasteiger partial charge is 0.378 e. The third-order valence-electron chi connectivity index (χ3n) is 6.71. The summed E-state index contributed by atoms with van der Waals surface area (Å²) in [5.41, 5.74) is 1.52. The molecule has 33 heavy (non-hydrogen) atoms. The zero-order valence-corrected chi connectivity index (χ0v) is 19.0. The quantitative estimate of drug-likeness (QED) is 0.741. The number of imidazole rings is 1. The molecule has 3 aliphatic rings. The van der Waals surface area contributed by atoms with Crippen LogP contribution >= 0.6 is 0 Å². The van der Waals surface area contributed by atoms with Gasteiger partial charge >= 0.3 is 0 Å². The number of amides is 3. The molecule has 9 nitrogen and oxygen atoms in total. The van der Waals surface area contributed by atoms with Crippen molar-refractivity contribution in [2.75, 3.05) is 26.3 Å². The van der Waals surface area contributed by atoms with Gasteiger partial charge in [0.05, 0.1) is 26.1 Å². The van der Waals surface area contributed by atoms with E-state index in [1.807, 2.05) is 31.2 Å². The lowest BCUT2D eigenvalue weighted by Crippen LogP contribution is -2.64. The number of nitrogens with one attached hydrogen (secondary N) is 1. The van der Waals surface area contributed by atoms with Crippen LogP contribution in [0.3, 0.4) is 0 Å². The number of morpholine rings is 1. The van der Waals surface area contributed by atoms with Gasteiger partial charge in [-0.2, -0.15) is 0 Å². The lowest BCUT2D eigenvalue weighted by Gasteiger charge is -2.44. The molecule has 5 rings (SSSR count). The second kappa shape index (κ2) is 8.30. The van der Waals surface area contributed by atoms with Crippen LogP contribution in [-0.4, -0.2) is 75.0 Å². The van der Waals surface area contributed by atoms with E-state index in [1.54, 1.807) is 21.3 Å². The van der Waals surface area contributed by atoms with E-state index in [0.717, 1.165) is 24.0 Å². The first-order chi connectivity index (χ1) is 15.9. The Balaban J connectivity index is 1.41. The summed E-state index contributed by atoms with van der Waals surface area (Å²) in [5.74, 6) is -0.764. The van der Waals surface area contributed by atoms with Gasteiger partial charge in [0.25, 0.3) is 11.8 Å². The molecule has 1 aromatic heterocycles. The molecule has 1 N–H and O–H groups in total. The number of carbonyl (C=O) groups is 3. The molecule has 1 saturated carbocycles. The normalized spacial score (nSPS) is 22.8. The summed E-state index contributed by atoms with van der Waals surface area (Å²) in [4.78, 5) is 47.9. The Hall–Kier alpha value is -3.20. The number of hydrogen-bond acceptors (Lipinski definition) is 5. The van der Waals surface area contributed by atoms with Crippen molar-refractivity contribution in [3.05, 3.63) is 53.1 Å². The van der Waals surface area contributed by atoms with Gasteiger partial charge in [-0.25, -0.2) is 4.98 Å². The first kappa shape index (κ1) is 21.6. The van der Waals surface area contributed by atoms with Gasteiger partial charge < -0.3 is 24.4 Å². The number of carbonyl (C=O) groups excluding carboxylic acids is 3. The predicted octanol–water partition coefficient (Wildman–Crippen LogP) is 1.36. The molecule has 0 bridgehead atoms. The highest BCUT2D eigenvalue weighted by Gasteiger charge is 2.53. The summed E-state index contributed by atoms with van der Waals surface area (Å²) in [6.45, 7) is 6.37. The van der Waals surface area contributed by atoms with Gasteiger partial charge in [0.2, 0.25) is 5.91 Å². The van der Waals surface area contributed by atoms with Crippen molar-refractivity contribution in [3.63, 3.8) is 0 Å². The fourth-order valence-corrected chi connectivity index (χ4v) is 4.82. The van der Waals surface area contributed by atoms with Gasteiger partial charge in [-0.3, -0.25) is 14.4 Å². The van der Waals surface area contributed by atoms with Crippen LogP contribution in [0.4, 0.5) is 0 Å². The molecule has 2 aromatic rings. The molecule has 1 aliphatic carbocycles. The summed E-state index contributed by atoms with van der Waals surface area (Å²) in [6, 6.07) is 7.98. The second-order valence-electron chi connectivity index (χ2n) is 9.33. The molecule has 0 spiro atoms. The topological polar surface area (TPSA) is 96.8 Å². The Kier molecular flexibility index (Phi) is 5.44. The maximum absolute atomic E-state index is 13.7. The number of aryl methyl sites for hydroxylation is 1. The van der Waals surface area contributed by atoms with Crippen LogP contribution in [0.25, 0.3) is 0 Å². The Morgan fingerprint density at radius 2 is 2.00 bits per heavy atom. The van der Waals surface area contributed by atoms with Crippen molar-refractivity contribution in [3.8, 4) is 0 Å². The number of rotatable bonds is 5. The fourth-order valence-electron chi connectivity index (χ4n) is 4.82. The Labute approximate surface area is 192 Å². The molecule has 1 aromatic carbocycles. The lowest BCUT2D eigenvalue weighted by molar-refractivity contribution is -0.133. The summed E-state index contributed by atoms with van der Waals surface area (Å²) >= 11 is 0. The third kappa shape index (κ3) is 3.90. The first-order valence-electron chi connectivity index (χ1n) is 11.5. The van der Waals surface area contributed by atoms with Crippen molar-refractivity contribution < 1.29 is 19.1 Å². The summed E-state index contributed by atoms with van der Waals surface area (Å²) in [5, 5.41) is 3.03. The van der Waals surface area contributed by atoms with E-state index in [-0.39, 0.29) is 41.7 Å². The van der Waals surface area contributed by atoms with Crippen LogP contribution in [0.5, 0.6) is 0 Å². The molecule has 9 heteroatoms. The maximum Gasteiger partial charge on any atom is 0.275 e. The molecule has 2 fully saturated rings. The molecule has 1 atom stereocenters. The van der Waals surface area contributed by atoms with E-state index in [0.29, 0.717) is 32.8 Å². The van der Waals surface area contributed by atoms with Crippen LogP contribution < -0.4 is 5.32 Å². The van der Waals surface area contributed by atoms with E-state index < -0.39 is 5.54 Å². The SMILES string of the molecule is Cc1cccc(CNC(=O)[C@@]2(C)Cn3cnc(C(=O)N4CCOCC4)c3C(=O)N2C2CC2)c1. The highest BCUT2D eigenvalue weighted by atomic mass is 16.5. The minimum atomic E-state index is -1.06. The van der Waals surface area contributed by atoms with Crippen molar-refractivity contribution in [2.24, 2.45) is 0 Å². The smallest absolute Gasteiger partial charge is 0.275 e.